The maximum atomic E-state index is 10.2. The van der Waals surface area contributed by atoms with Gasteiger partial charge in [0.2, 0.25) is 0 Å². The zero-order chi connectivity index (χ0) is 30.1. The summed E-state index contributed by atoms with van der Waals surface area (Å²) in [7, 11) is 0. The topological polar surface area (TPSA) is 47.6 Å². The lowest BCUT2D eigenvalue weighted by Crippen LogP contribution is -1.90. The third kappa shape index (κ3) is 3.60. The molecule has 0 saturated carbocycles. The van der Waals surface area contributed by atoms with E-state index < -0.39 is 0 Å². The smallest absolute Gasteiger partial charge is 0.100 e. The third-order valence-electron chi connectivity index (χ3n) is 9.14. The van der Waals surface area contributed by atoms with Gasteiger partial charge in [0, 0.05) is 47.3 Å². The molecule has 1 aromatic heterocycles. The minimum absolute atomic E-state index is 0.721. The Morgan fingerprint density at radius 3 is 1.33 bits per heavy atom. The predicted octanol–water partition coefficient (Wildman–Crippen LogP) is 11.7. The fourth-order valence-electron chi connectivity index (χ4n) is 7.25. The molecule has 8 aromatic carbocycles. The summed E-state index contributed by atoms with van der Waals surface area (Å²) in [5, 5.41) is 31.0. The number of benzene rings is 8. The first kappa shape index (κ1) is 25.5. The maximum Gasteiger partial charge on any atom is 0.100 e. The van der Waals surface area contributed by atoms with Crippen molar-refractivity contribution in [2.45, 2.75) is 0 Å². The molecule has 0 unspecified atom stereocenters. The van der Waals surface area contributed by atoms with Gasteiger partial charge in [-0.2, -0.15) is 10.5 Å². The van der Waals surface area contributed by atoms with Gasteiger partial charge in [0.1, 0.15) is 12.1 Å². The highest BCUT2D eigenvalue weighted by molar-refractivity contribution is 7.26. The lowest BCUT2D eigenvalue weighted by atomic mass is 9.87. The number of hydrogen-bond acceptors (Lipinski definition) is 3. The van der Waals surface area contributed by atoms with E-state index in [0.29, 0.717) is 0 Å². The largest absolute Gasteiger partial charge is 0.192 e. The minimum atomic E-state index is 0.721. The Bertz CT molecular complexity index is 2680. The van der Waals surface area contributed by atoms with E-state index in [1.807, 2.05) is 35.6 Å². The molecule has 0 aliphatic heterocycles. The summed E-state index contributed by atoms with van der Waals surface area (Å²) in [6.07, 6.45) is 0. The molecular weight excluding hydrogens is 565 g/mol. The van der Waals surface area contributed by atoms with Crippen molar-refractivity contribution in [2.24, 2.45) is 0 Å². The van der Waals surface area contributed by atoms with Crippen LogP contribution in [0.5, 0.6) is 0 Å². The van der Waals surface area contributed by atoms with Gasteiger partial charge >= 0.3 is 0 Å². The number of fused-ring (bicyclic) bond motifs is 7. The molecule has 0 fully saturated rings. The lowest BCUT2D eigenvalue weighted by Gasteiger charge is -2.15. The van der Waals surface area contributed by atoms with Gasteiger partial charge in [0.15, 0.2) is 0 Å². The van der Waals surface area contributed by atoms with Crippen molar-refractivity contribution in [2.75, 3.05) is 0 Å². The van der Waals surface area contributed by atoms with E-state index in [4.69, 9.17) is 0 Å². The second-order valence-corrected chi connectivity index (χ2v) is 12.5. The van der Waals surface area contributed by atoms with E-state index in [9.17, 15) is 10.5 Å². The number of nitriles is 2. The van der Waals surface area contributed by atoms with E-state index in [1.54, 1.807) is 0 Å². The Labute approximate surface area is 263 Å². The first-order valence-corrected chi connectivity index (χ1v) is 15.7. The molecular formula is C42H22N2S. The van der Waals surface area contributed by atoms with Crippen LogP contribution in [0.1, 0.15) is 11.1 Å². The van der Waals surface area contributed by atoms with Crippen LogP contribution in [0.2, 0.25) is 0 Å². The molecule has 0 bridgehead atoms. The first-order chi connectivity index (χ1) is 22.3. The summed E-state index contributed by atoms with van der Waals surface area (Å²) in [6, 6.07) is 51.4. The van der Waals surface area contributed by atoms with Gasteiger partial charge in [-0.1, -0.05) is 121 Å². The van der Waals surface area contributed by atoms with Gasteiger partial charge in [0.05, 0.1) is 11.1 Å². The van der Waals surface area contributed by atoms with Crippen LogP contribution in [-0.4, -0.2) is 0 Å². The first-order valence-electron chi connectivity index (χ1n) is 14.9. The van der Waals surface area contributed by atoms with E-state index in [-0.39, 0.29) is 0 Å². The SMILES string of the molecule is N#Cc1c2ccccc2c(-c2ccc3sc4c(-c5c6ccccc6c(C#N)c6ccccc56)cccc4c3c2)c2ccccc12. The van der Waals surface area contributed by atoms with Crippen LogP contribution >= 0.6 is 11.3 Å². The third-order valence-corrected chi connectivity index (χ3v) is 10.4. The summed E-state index contributed by atoms with van der Waals surface area (Å²) in [6.45, 7) is 0. The summed E-state index contributed by atoms with van der Waals surface area (Å²) >= 11 is 1.82. The second-order valence-electron chi connectivity index (χ2n) is 11.4. The number of hydrogen-bond donors (Lipinski definition) is 0. The van der Waals surface area contributed by atoms with Gasteiger partial charge < -0.3 is 0 Å². The second kappa shape index (κ2) is 9.76. The van der Waals surface area contributed by atoms with Crippen molar-refractivity contribution < 1.29 is 0 Å². The average Bonchev–Trinajstić information content (AvgIpc) is 3.48. The molecule has 0 atom stereocenters. The van der Waals surface area contributed by atoms with Crippen LogP contribution in [0.15, 0.2) is 133 Å². The summed E-state index contributed by atoms with van der Waals surface area (Å²) in [5.74, 6) is 0. The quantitative estimate of drug-likeness (QED) is 0.189. The number of rotatable bonds is 2. The van der Waals surface area contributed by atoms with Gasteiger partial charge in [-0.15, -0.1) is 11.3 Å². The van der Waals surface area contributed by atoms with E-state index in [1.165, 1.54) is 31.3 Å². The molecule has 0 radical (unpaired) electrons. The molecule has 1 heterocycles. The van der Waals surface area contributed by atoms with Crippen LogP contribution in [-0.2, 0) is 0 Å². The van der Waals surface area contributed by atoms with E-state index in [2.05, 4.69) is 121 Å². The number of thiophene rings is 1. The normalized spacial score (nSPS) is 11.5. The average molecular weight is 587 g/mol. The monoisotopic (exact) mass is 586 g/mol. The molecule has 0 amide bonds. The van der Waals surface area contributed by atoms with Crippen molar-refractivity contribution >= 4 is 74.6 Å². The molecule has 45 heavy (non-hydrogen) atoms. The van der Waals surface area contributed by atoms with E-state index >= 15 is 0 Å². The van der Waals surface area contributed by atoms with Crippen LogP contribution < -0.4 is 0 Å². The van der Waals surface area contributed by atoms with Crippen molar-refractivity contribution in [1.82, 2.24) is 0 Å². The van der Waals surface area contributed by atoms with Crippen molar-refractivity contribution in [3.05, 3.63) is 145 Å². The van der Waals surface area contributed by atoms with Gasteiger partial charge in [0.25, 0.3) is 0 Å². The Balaban J connectivity index is 1.36. The molecule has 0 N–H and O–H groups in total. The molecule has 2 nitrogen and oxygen atoms in total. The minimum Gasteiger partial charge on any atom is -0.192 e. The standard InChI is InChI=1S/C42H22N2S/c43-23-37-26-10-1-5-14-30(26)40(31-15-6-2-11-27(31)37)25-20-21-39-36(22-25)34-18-9-19-35(42(34)45-39)41-32-16-7-3-12-28(32)38(24-44)29-13-4-8-17-33(29)41/h1-22H. The molecule has 0 spiro atoms. The van der Waals surface area contributed by atoms with Crippen molar-refractivity contribution in [3.8, 4) is 34.4 Å². The Hall–Kier alpha value is -6.00. The predicted molar refractivity (Wildman–Crippen MR) is 190 cm³/mol. The van der Waals surface area contributed by atoms with Crippen LogP contribution in [0.4, 0.5) is 0 Å². The molecule has 3 heteroatoms. The summed E-state index contributed by atoms with van der Waals surface area (Å²) in [5.41, 5.74) is 6.09. The van der Waals surface area contributed by atoms with Crippen LogP contribution in [0.3, 0.4) is 0 Å². The molecule has 206 valence electrons. The highest BCUT2D eigenvalue weighted by atomic mass is 32.1. The molecule has 9 rings (SSSR count). The molecule has 0 aliphatic carbocycles. The fraction of sp³-hybridized carbons (Fsp3) is 0. The molecule has 0 aliphatic rings. The zero-order valence-corrected chi connectivity index (χ0v) is 24.8. The Morgan fingerprint density at radius 2 is 0.844 bits per heavy atom. The summed E-state index contributed by atoms with van der Waals surface area (Å²) in [4.78, 5) is 0. The van der Waals surface area contributed by atoms with Crippen molar-refractivity contribution in [1.29, 1.82) is 10.5 Å². The van der Waals surface area contributed by atoms with Crippen LogP contribution in [0.25, 0.3) is 85.5 Å². The van der Waals surface area contributed by atoms with Gasteiger partial charge in [-0.05, 0) is 50.4 Å². The zero-order valence-electron chi connectivity index (χ0n) is 24.0. The highest BCUT2D eigenvalue weighted by Crippen LogP contribution is 2.47. The fourth-order valence-corrected chi connectivity index (χ4v) is 8.45. The highest BCUT2D eigenvalue weighted by Gasteiger charge is 2.20. The maximum absolute atomic E-state index is 10.2. The molecule has 9 aromatic rings. The van der Waals surface area contributed by atoms with Crippen LogP contribution in [0, 0.1) is 22.7 Å². The Kier molecular flexibility index (Phi) is 5.53. The lowest BCUT2D eigenvalue weighted by molar-refractivity contribution is 1.51. The summed E-state index contributed by atoms with van der Waals surface area (Å²) < 4.78 is 2.46. The van der Waals surface area contributed by atoms with E-state index in [0.717, 1.165) is 65.3 Å². The number of nitrogens with zero attached hydrogens (tertiary/aromatic N) is 2. The molecule has 0 saturated heterocycles. The van der Waals surface area contributed by atoms with Crippen molar-refractivity contribution in [3.63, 3.8) is 0 Å². The Morgan fingerprint density at radius 1 is 0.400 bits per heavy atom. The van der Waals surface area contributed by atoms with Gasteiger partial charge in [-0.3, -0.25) is 0 Å². The van der Waals surface area contributed by atoms with Gasteiger partial charge in [-0.25, -0.2) is 0 Å².